The molecule has 0 radical (unpaired) electrons. The van der Waals surface area contributed by atoms with Gasteiger partial charge in [-0.05, 0) is 42.3 Å². The maximum atomic E-state index is 13.9. The van der Waals surface area contributed by atoms with Crippen molar-refractivity contribution in [2.45, 2.75) is 18.6 Å². The third-order valence-electron chi connectivity index (χ3n) is 6.33. The Morgan fingerprint density at radius 1 is 1.03 bits per heavy atom. The molecule has 1 spiro atoms. The fourth-order valence-corrected chi connectivity index (χ4v) is 5.98. The minimum Gasteiger partial charge on any atom is -0.365 e. The molecule has 3 heterocycles. The molecule has 1 N–H and O–H groups in total. The number of amides is 4. The van der Waals surface area contributed by atoms with Gasteiger partial charge < -0.3 is 4.90 Å². The number of imide groups is 2. The number of carbonyl (C=O) groups excluding carboxylic acids is 3. The highest BCUT2D eigenvalue weighted by Crippen LogP contribution is 2.47. The lowest BCUT2D eigenvalue weighted by atomic mass is 9.69. The number of anilines is 2. The molecule has 0 aromatic heterocycles. The van der Waals surface area contributed by atoms with Crippen LogP contribution in [-0.2, 0) is 22.2 Å². The van der Waals surface area contributed by atoms with Crippen molar-refractivity contribution in [3.8, 4) is 0 Å². The normalized spacial score (nSPS) is 25.5. The fraction of sp³-hybridized carbons (Fsp3) is 0.318. The Balaban J connectivity index is 1.60. The Hall–Kier alpha value is -3.01. The van der Waals surface area contributed by atoms with Crippen LogP contribution in [0.1, 0.15) is 11.1 Å². The smallest absolute Gasteiger partial charge is 0.365 e. The second-order valence-electron chi connectivity index (χ2n) is 8.01. The van der Waals surface area contributed by atoms with Crippen LogP contribution < -0.4 is 15.1 Å². The van der Waals surface area contributed by atoms with Crippen LogP contribution in [0.25, 0.3) is 0 Å². The number of thioether (sulfide) groups is 1. The standard InChI is InChI=1S/C22H18F3N3O3S/c23-22(24,25)14-5-7-15(8-6-14)28-19(30)21(18(29)26-20(28)31)11-13-3-1-2-4-16(13)27-9-10-32-12-17(21)27/h1-8,17H,9-12H2,(H,26,29,31). The maximum Gasteiger partial charge on any atom is 0.416 e. The lowest BCUT2D eigenvalue weighted by molar-refractivity contribution is -0.144. The number of benzene rings is 2. The predicted molar refractivity (Wildman–Crippen MR) is 114 cm³/mol. The molecule has 0 saturated carbocycles. The fourth-order valence-electron chi connectivity index (χ4n) is 4.80. The molecule has 5 rings (SSSR count). The van der Waals surface area contributed by atoms with Gasteiger partial charge in [0.05, 0.1) is 17.3 Å². The van der Waals surface area contributed by atoms with Gasteiger partial charge in [-0.1, -0.05) is 18.2 Å². The summed E-state index contributed by atoms with van der Waals surface area (Å²) in [5.74, 6) is -0.0263. The van der Waals surface area contributed by atoms with Gasteiger partial charge in [0.25, 0.3) is 5.91 Å². The van der Waals surface area contributed by atoms with Gasteiger partial charge in [-0.3, -0.25) is 14.9 Å². The van der Waals surface area contributed by atoms with E-state index in [0.717, 1.165) is 46.2 Å². The number of urea groups is 1. The number of hydrogen-bond acceptors (Lipinski definition) is 5. The number of alkyl halides is 3. The van der Waals surface area contributed by atoms with E-state index in [4.69, 9.17) is 0 Å². The summed E-state index contributed by atoms with van der Waals surface area (Å²) in [5, 5.41) is 2.30. The number of nitrogens with one attached hydrogen (secondary N) is 1. The van der Waals surface area contributed by atoms with Crippen molar-refractivity contribution in [1.29, 1.82) is 0 Å². The van der Waals surface area contributed by atoms with E-state index < -0.39 is 41.0 Å². The molecule has 4 amide bonds. The van der Waals surface area contributed by atoms with Crippen LogP contribution in [0.2, 0.25) is 0 Å². The van der Waals surface area contributed by atoms with Crippen LogP contribution in [-0.4, -0.2) is 41.9 Å². The van der Waals surface area contributed by atoms with Gasteiger partial charge in [-0.2, -0.15) is 24.9 Å². The van der Waals surface area contributed by atoms with Crippen LogP contribution in [0.3, 0.4) is 0 Å². The summed E-state index contributed by atoms with van der Waals surface area (Å²) in [7, 11) is 0. The van der Waals surface area contributed by atoms with Crippen molar-refractivity contribution >= 4 is 41.0 Å². The molecule has 166 valence electrons. The zero-order valence-electron chi connectivity index (χ0n) is 16.7. The van der Waals surface area contributed by atoms with E-state index in [1.807, 2.05) is 29.2 Å². The molecule has 3 aliphatic heterocycles. The predicted octanol–water partition coefficient (Wildman–Crippen LogP) is 3.45. The third-order valence-corrected chi connectivity index (χ3v) is 7.36. The maximum absolute atomic E-state index is 13.9. The molecule has 2 fully saturated rings. The number of carbonyl (C=O) groups is 3. The van der Waals surface area contributed by atoms with Crippen LogP contribution in [0, 0.1) is 5.41 Å². The highest BCUT2D eigenvalue weighted by molar-refractivity contribution is 7.99. The number of nitrogens with zero attached hydrogens (tertiary/aromatic N) is 2. The second kappa shape index (κ2) is 7.26. The van der Waals surface area contributed by atoms with Gasteiger partial charge in [0.15, 0.2) is 5.41 Å². The van der Waals surface area contributed by atoms with Gasteiger partial charge in [-0.25, -0.2) is 9.69 Å². The average molecular weight is 461 g/mol. The van der Waals surface area contributed by atoms with Crippen molar-refractivity contribution < 1.29 is 27.6 Å². The lowest BCUT2D eigenvalue weighted by Crippen LogP contribution is -2.73. The quantitative estimate of drug-likeness (QED) is 0.659. The summed E-state index contributed by atoms with van der Waals surface area (Å²) >= 11 is 1.63. The Morgan fingerprint density at radius 2 is 1.75 bits per heavy atom. The first kappa shape index (κ1) is 20.9. The molecule has 10 heteroatoms. The van der Waals surface area contributed by atoms with E-state index in [1.54, 1.807) is 11.8 Å². The summed E-state index contributed by atoms with van der Waals surface area (Å²) in [5.41, 5.74) is -0.680. The minimum atomic E-state index is -4.54. The number of barbiturate groups is 1. The van der Waals surface area contributed by atoms with Gasteiger partial charge in [-0.15, -0.1) is 0 Å². The van der Waals surface area contributed by atoms with Crippen LogP contribution in [0.5, 0.6) is 0 Å². The summed E-state index contributed by atoms with van der Waals surface area (Å²) in [6.07, 6.45) is -4.43. The monoisotopic (exact) mass is 461 g/mol. The Morgan fingerprint density at radius 3 is 2.47 bits per heavy atom. The number of halogens is 3. The molecular formula is C22H18F3N3O3S. The van der Waals surface area contributed by atoms with E-state index in [0.29, 0.717) is 12.3 Å². The van der Waals surface area contributed by atoms with Crippen molar-refractivity contribution in [2.24, 2.45) is 5.41 Å². The first-order valence-corrected chi connectivity index (χ1v) is 11.2. The largest absolute Gasteiger partial charge is 0.416 e. The summed E-state index contributed by atoms with van der Waals surface area (Å²) in [4.78, 5) is 42.6. The number of para-hydroxylation sites is 1. The van der Waals surface area contributed by atoms with Gasteiger partial charge in [0.1, 0.15) is 0 Å². The molecule has 3 aliphatic rings. The first-order valence-electron chi connectivity index (χ1n) is 10.0. The zero-order chi connectivity index (χ0) is 22.7. The topological polar surface area (TPSA) is 69.7 Å². The van der Waals surface area contributed by atoms with E-state index >= 15 is 0 Å². The molecule has 0 bridgehead atoms. The Bertz CT molecular complexity index is 1120. The SMILES string of the molecule is O=C1NC(=O)C2(Cc3ccccc3N3CCSCC32)C(=O)N1c1ccc(C(F)(F)F)cc1. The molecule has 2 saturated heterocycles. The minimum absolute atomic E-state index is 0.0127. The number of fused-ring (bicyclic) bond motifs is 4. The molecule has 2 aromatic carbocycles. The number of hydrogen-bond donors (Lipinski definition) is 1. The molecule has 32 heavy (non-hydrogen) atoms. The van der Waals surface area contributed by atoms with Crippen LogP contribution in [0.15, 0.2) is 48.5 Å². The second-order valence-corrected chi connectivity index (χ2v) is 9.16. The Kier molecular flexibility index (Phi) is 4.74. The van der Waals surface area contributed by atoms with Gasteiger partial charge >= 0.3 is 12.2 Å². The summed E-state index contributed by atoms with van der Waals surface area (Å²) < 4.78 is 38.9. The zero-order valence-corrected chi connectivity index (χ0v) is 17.5. The third kappa shape index (κ3) is 3.00. The molecule has 2 unspecified atom stereocenters. The van der Waals surface area contributed by atoms with E-state index in [2.05, 4.69) is 5.32 Å². The van der Waals surface area contributed by atoms with Crippen molar-refractivity contribution in [3.63, 3.8) is 0 Å². The highest BCUT2D eigenvalue weighted by Gasteiger charge is 2.62. The summed E-state index contributed by atoms with van der Waals surface area (Å²) in [6.45, 7) is 0.642. The highest BCUT2D eigenvalue weighted by atomic mass is 32.2. The van der Waals surface area contributed by atoms with Crippen LogP contribution >= 0.6 is 11.8 Å². The molecule has 2 aromatic rings. The first-order chi connectivity index (χ1) is 15.2. The number of rotatable bonds is 1. The van der Waals surface area contributed by atoms with E-state index in [9.17, 15) is 27.6 Å². The molecule has 0 aliphatic carbocycles. The lowest BCUT2D eigenvalue weighted by Gasteiger charge is -2.53. The molecular weight excluding hydrogens is 443 g/mol. The van der Waals surface area contributed by atoms with E-state index in [1.165, 1.54) is 0 Å². The van der Waals surface area contributed by atoms with Gasteiger partial charge in [0.2, 0.25) is 5.91 Å². The molecule has 6 nitrogen and oxygen atoms in total. The van der Waals surface area contributed by atoms with Crippen molar-refractivity contribution in [1.82, 2.24) is 5.32 Å². The van der Waals surface area contributed by atoms with Crippen LogP contribution in [0.4, 0.5) is 29.3 Å². The van der Waals surface area contributed by atoms with E-state index in [-0.39, 0.29) is 12.1 Å². The average Bonchev–Trinajstić information content (AvgIpc) is 2.77. The van der Waals surface area contributed by atoms with Gasteiger partial charge in [0, 0.05) is 23.7 Å². The molecule has 2 atom stereocenters. The Labute approximate surface area is 185 Å². The summed E-state index contributed by atoms with van der Waals surface area (Å²) in [6, 6.07) is 9.89. The van der Waals surface area contributed by atoms with Crippen molar-refractivity contribution in [3.05, 3.63) is 59.7 Å². The van der Waals surface area contributed by atoms with Crippen molar-refractivity contribution in [2.75, 3.05) is 27.9 Å².